The number of pyridine rings is 1. The van der Waals surface area contributed by atoms with Gasteiger partial charge in [-0.25, -0.2) is 4.98 Å². The van der Waals surface area contributed by atoms with Crippen LogP contribution in [-0.4, -0.2) is 14.5 Å². The lowest BCUT2D eigenvalue weighted by Gasteiger charge is -2.20. The number of nitrogens with zero attached hydrogens (tertiary/aromatic N) is 3. The van der Waals surface area contributed by atoms with Gasteiger partial charge in [0.05, 0.1) is 21.4 Å². The third-order valence-electron chi connectivity index (χ3n) is 21.4. The van der Waals surface area contributed by atoms with E-state index in [1.54, 1.807) is 0 Å². The number of thiophene rings is 1. The fourth-order valence-corrected chi connectivity index (χ4v) is 17.8. The Labute approximate surface area is 592 Å². The van der Waals surface area contributed by atoms with Gasteiger partial charge in [0, 0.05) is 38.5 Å². The highest BCUT2D eigenvalue weighted by Gasteiger charge is 2.23. The first-order valence-corrected chi connectivity index (χ1v) is 35.8. The Bertz CT molecular complexity index is 7060. The summed E-state index contributed by atoms with van der Waals surface area (Å²) in [6.45, 7) is 0. The molecule has 3 nitrogen and oxygen atoms in total. The molecular formula is C98H59N3S. The number of fused-ring (bicyclic) bond motifs is 12. The molecule has 102 heavy (non-hydrogen) atoms. The van der Waals surface area contributed by atoms with Crippen LogP contribution < -0.4 is 0 Å². The van der Waals surface area contributed by atoms with Crippen LogP contribution in [-0.2, 0) is 0 Å². The third-order valence-corrected chi connectivity index (χ3v) is 22.5. The number of rotatable bonds is 9. The molecule has 0 radical (unpaired) electrons. The molecule has 0 bridgehead atoms. The Morgan fingerprint density at radius 1 is 0.245 bits per heavy atom. The average Bonchev–Trinajstić information content (AvgIpc) is 1.06. The zero-order chi connectivity index (χ0) is 66.9. The highest BCUT2D eigenvalue weighted by atomic mass is 32.1. The van der Waals surface area contributed by atoms with E-state index in [0.29, 0.717) is 0 Å². The van der Waals surface area contributed by atoms with Crippen molar-refractivity contribution in [1.82, 2.24) is 14.5 Å². The molecule has 0 spiro atoms. The predicted octanol–water partition coefficient (Wildman–Crippen LogP) is 27.4. The van der Waals surface area contributed by atoms with Crippen LogP contribution in [0.2, 0.25) is 0 Å². The van der Waals surface area contributed by atoms with Crippen LogP contribution in [0.15, 0.2) is 358 Å². The van der Waals surface area contributed by atoms with E-state index in [4.69, 9.17) is 9.97 Å². The topological polar surface area (TPSA) is 30.7 Å². The summed E-state index contributed by atoms with van der Waals surface area (Å²) >= 11 is 1.83. The number of para-hydroxylation sites is 3. The van der Waals surface area contributed by atoms with Gasteiger partial charge in [-0.05, 0) is 232 Å². The Balaban J connectivity index is 0.684. The van der Waals surface area contributed by atoms with Crippen molar-refractivity contribution in [3.63, 3.8) is 0 Å². The monoisotopic (exact) mass is 1310 g/mol. The molecular weight excluding hydrogens is 1250 g/mol. The van der Waals surface area contributed by atoms with Crippen LogP contribution in [0.4, 0.5) is 0 Å². The molecule has 472 valence electrons. The summed E-state index contributed by atoms with van der Waals surface area (Å²) in [5.74, 6) is 0.917. The van der Waals surface area contributed by atoms with Gasteiger partial charge in [-0.3, -0.25) is 9.55 Å². The molecule has 21 aromatic rings. The van der Waals surface area contributed by atoms with Crippen LogP contribution in [0.3, 0.4) is 0 Å². The second kappa shape index (κ2) is 23.3. The van der Waals surface area contributed by atoms with Gasteiger partial charge >= 0.3 is 0 Å². The Hall–Kier alpha value is -13.1. The molecule has 0 aliphatic heterocycles. The number of benzene rings is 18. The molecule has 0 atom stereocenters. The minimum Gasteiger partial charge on any atom is -0.292 e. The van der Waals surface area contributed by atoms with Crippen molar-refractivity contribution in [2.75, 3.05) is 0 Å². The number of hydrogen-bond acceptors (Lipinski definition) is 3. The first-order chi connectivity index (χ1) is 50.5. The van der Waals surface area contributed by atoms with Crippen LogP contribution >= 0.6 is 11.3 Å². The van der Waals surface area contributed by atoms with Gasteiger partial charge in [0.15, 0.2) is 0 Å². The molecule has 0 aliphatic carbocycles. The summed E-state index contributed by atoms with van der Waals surface area (Å²) in [5.41, 5.74) is 20.7. The van der Waals surface area contributed by atoms with Crippen molar-refractivity contribution in [2.24, 2.45) is 0 Å². The predicted molar refractivity (Wildman–Crippen MR) is 435 cm³/mol. The van der Waals surface area contributed by atoms with Gasteiger partial charge in [0.2, 0.25) is 0 Å². The molecule has 0 N–H and O–H groups in total. The Kier molecular flexibility index (Phi) is 13.2. The lowest BCUT2D eigenvalue weighted by atomic mass is 9.84. The van der Waals surface area contributed by atoms with Gasteiger partial charge < -0.3 is 0 Å². The SMILES string of the molecule is c1ccc(-n2c(-c3ccc(-c4ccc5c(-c6ccc7ccccc7c6)c6ccccc6c(-c6ccc7c(-c8ccc9cc(-c%10c%11ccccc%11c(-c%11ccc%12ccccc%12c%11)c%11cc(-c%12nccc%13c%12sc%12ccccc%12%13)ccc%10%11)ccc9c8)cccc7c6)c5c4)cc3)nc3ccccc32)cc1. The lowest BCUT2D eigenvalue weighted by Crippen LogP contribution is -1.97. The summed E-state index contributed by atoms with van der Waals surface area (Å²) in [5, 5.41) is 21.9. The minimum absolute atomic E-state index is 0.917. The van der Waals surface area contributed by atoms with Gasteiger partial charge in [0.1, 0.15) is 5.82 Å². The van der Waals surface area contributed by atoms with E-state index in [-0.39, 0.29) is 0 Å². The normalized spacial score (nSPS) is 11.9. The summed E-state index contributed by atoms with van der Waals surface area (Å²) in [6.07, 6.45) is 1.98. The summed E-state index contributed by atoms with van der Waals surface area (Å²) in [4.78, 5) is 10.4. The third kappa shape index (κ3) is 9.34. The summed E-state index contributed by atoms with van der Waals surface area (Å²) in [7, 11) is 0. The second-order valence-electron chi connectivity index (χ2n) is 27.1. The van der Waals surface area contributed by atoms with Crippen molar-refractivity contribution in [3.8, 4) is 95.1 Å². The van der Waals surface area contributed by atoms with E-state index in [2.05, 4.69) is 356 Å². The molecule has 0 amide bonds. The molecule has 21 rings (SSSR count). The molecule has 0 unspecified atom stereocenters. The van der Waals surface area contributed by atoms with E-state index in [0.717, 1.165) is 50.5 Å². The quantitative estimate of drug-likeness (QED) is 0.135. The first kappa shape index (κ1) is 57.9. The molecule has 0 saturated heterocycles. The van der Waals surface area contributed by atoms with Crippen molar-refractivity contribution >= 4 is 129 Å². The zero-order valence-corrected chi connectivity index (χ0v) is 56.1. The van der Waals surface area contributed by atoms with Crippen molar-refractivity contribution in [1.29, 1.82) is 0 Å². The molecule has 3 aromatic heterocycles. The van der Waals surface area contributed by atoms with Crippen LogP contribution in [0, 0.1) is 0 Å². The highest BCUT2D eigenvalue weighted by molar-refractivity contribution is 7.26. The van der Waals surface area contributed by atoms with Crippen molar-refractivity contribution < 1.29 is 0 Å². The summed E-state index contributed by atoms with van der Waals surface area (Å²) in [6, 6.07) is 130. The van der Waals surface area contributed by atoms with E-state index < -0.39 is 0 Å². The average molecular weight is 1310 g/mol. The second-order valence-corrected chi connectivity index (χ2v) is 28.1. The Morgan fingerprint density at radius 2 is 0.676 bits per heavy atom. The van der Waals surface area contributed by atoms with E-state index in [1.807, 2.05) is 17.5 Å². The number of aromatic nitrogens is 3. The van der Waals surface area contributed by atoms with Crippen LogP contribution in [0.25, 0.3) is 212 Å². The maximum absolute atomic E-state index is 5.21. The van der Waals surface area contributed by atoms with E-state index in [9.17, 15) is 0 Å². The standard InChI is InChI=1S/C98H59N3S/c1-2-22-76(23-3-1)101-90-31-14-13-30-89(90)100-98(101)63-37-33-62(34-38-63)68-45-49-84-87(58-68)95(83-28-11-9-26-81(83)92(84)71-42-35-60-17-4-6-19-64(60)54-71)74-46-48-78-69(57-74)21-16-29-77(78)70-41-39-67-56-72(44-40-66(67)53-70)93-80-25-8-10-27-82(80)94(73-43-36-61-18-5-7-20-65(61)55-73)88-59-75(47-50-85(88)93)96-97-86(51-52-99-96)79-24-12-15-32-91(79)102-97/h1-59H. The summed E-state index contributed by atoms with van der Waals surface area (Å²) < 4.78 is 4.75. The van der Waals surface area contributed by atoms with E-state index in [1.165, 1.54) is 162 Å². The molecule has 0 saturated carbocycles. The molecule has 4 heteroatoms. The fourth-order valence-electron chi connectivity index (χ4n) is 16.6. The zero-order valence-electron chi connectivity index (χ0n) is 55.3. The van der Waals surface area contributed by atoms with Crippen LogP contribution in [0.1, 0.15) is 0 Å². The van der Waals surface area contributed by atoms with Gasteiger partial charge in [-0.2, -0.15) is 0 Å². The highest BCUT2D eigenvalue weighted by Crippen LogP contribution is 2.50. The van der Waals surface area contributed by atoms with Crippen molar-refractivity contribution in [3.05, 3.63) is 358 Å². The Morgan fingerprint density at radius 3 is 1.32 bits per heavy atom. The lowest BCUT2D eigenvalue weighted by molar-refractivity contribution is 1.10. The maximum Gasteiger partial charge on any atom is 0.145 e. The van der Waals surface area contributed by atoms with Crippen molar-refractivity contribution in [2.45, 2.75) is 0 Å². The molecule has 18 aromatic carbocycles. The van der Waals surface area contributed by atoms with Gasteiger partial charge in [-0.1, -0.05) is 273 Å². The fraction of sp³-hybridized carbons (Fsp3) is 0. The van der Waals surface area contributed by atoms with E-state index >= 15 is 0 Å². The minimum atomic E-state index is 0.917. The van der Waals surface area contributed by atoms with Crippen LogP contribution in [0.5, 0.6) is 0 Å². The van der Waals surface area contributed by atoms with Gasteiger partial charge in [-0.15, -0.1) is 11.3 Å². The first-order valence-electron chi connectivity index (χ1n) is 35.0. The van der Waals surface area contributed by atoms with Gasteiger partial charge in [0.25, 0.3) is 0 Å². The maximum atomic E-state index is 5.21. The molecule has 3 heterocycles. The molecule has 0 aliphatic rings. The number of hydrogen-bond donors (Lipinski definition) is 0. The number of imidazole rings is 1. The molecule has 0 fully saturated rings. The largest absolute Gasteiger partial charge is 0.292 e. The smallest absolute Gasteiger partial charge is 0.145 e.